The number of hydrogen-bond donors (Lipinski definition) is 1. The van der Waals surface area contributed by atoms with Crippen LogP contribution in [0.1, 0.15) is 32.6 Å². The van der Waals surface area contributed by atoms with E-state index in [4.69, 9.17) is 16.3 Å². The van der Waals surface area contributed by atoms with E-state index in [2.05, 4.69) is 12.2 Å². The summed E-state index contributed by atoms with van der Waals surface area (Å²) in [7, 11) is 0. The van der Waals surface area contributed by atoms with Gasteiger partial charge in [-0.1, -0.05) is 26.2 Å². The minimum absolute atomic E-state index is 0.594. The third kappa shape index (κ3) is 12.2. The van der Waals surface area contributed by atoms with Crippen LogP contribution in [-0.4, -0.2) is 32.2 Å². The molecule has 0 aliphatic heterocycles. The first-order chi connectivity index (χ1) is 6.41. The maximum absolute atomic E-state index is 5.45. The average Bonchev–Trinajstić information content (AvgIpc) is 2.16. The highest BCUT2D eigenvalue weighted by Gasteiger charge is 1.89. The van der Waals surface area contributed by atoms with Crippen molar-refractivity contribution in [2.24, 2.45) is 0 Å². The summed E-state index contributed by atoms with van der Waals surface area (Å²) < 4.78 is 5.22. The lowest BCUT2D eigenvalue weighted by atomic mass is 10.2. The molecule has 13 heavy (non-hydrogen) atoms. The number of rotatable bonds is 10. The Morgan fingerprint density at radius 2 is 1.92 bits per heavy atom. The van der Waals surface area contributed by atoms with Crippen molar-refractivity contribution in [2.75, 3.05) is 32.2 Å². The normalized spacial score (nSPS) is 10.6. The van der Waals surface area contributed by atoms with Crippen molar-refractivity contribution in [3.63, 3.8) is 0 Å². The molecule has 0 aromatic heterocycles. The average molecular weight is 208 g/mol. The van der Waals surface area contributed by atoms with Crippen molar-refractivity contribution in [1.82, 2.24) is 5.32 Å². The second kappa shape index (κ2) is 12.2. The van der Waals surface area contributed by atoms with E-state index < -0.39 is 0 Å². The lowest BCUT2D eigenvalue weighted by Crippen LogP contribution is -2.21. The molecule has 1 N–H and O–H groups in total. The standard InChI is InChI=1S/C10H22ClNO/c1-2-3-4-5-7-12-8-10-13-9-6-11/h12H,2-10H2,1H3. The zero-order valence-electron chi connectivity index (χ0n) is 8.65. The molecule has 0 fully saturated rings. The third-order valence-corrected chi connectivity index (χ3v) is 2.01. The van der Waals surface area contributed by atoms with Gasteiger partial charge in [-0.25, -0.2) is 0 Å². The van der Waals surface area contributed by atoms with Crippen LogP contribution < -0.4 is 5.32 Å². The molecule has 0 saturated carbocycles. The molecule has 0 aliphatic carbocycles. The number of halogens is 1. The Labute approximate surface area is 87.0 Å². The molecule has 0 aromatic rings. The highest BCUT2D eigenvalue weighted by molar-refractivity contribution is 6.17. The number of nitrogens with one attached hydrogen (secondary N) is 1. The van der Waals surface area contributed by atoms with Crippen LogP contribution in [0.3, 0.4) is 0 Å². The van der Waals surface area contributed by atoms with Crippen LogP contribution in [0.5, 0.6) is 0 Å². The summed E-state index contributed by atoms with van der Waals surface area (Å²) in [4.78, 5) is 0. The molecular formula is C10H22ClNO. The summed E-state index contributed by atoms with van der Waals surface area (Å²) in [5.41, 5.74) is 0. The smallest absolute Gasteiger partial charge is 0.0602 e. The first-order valence-electron chi connectivity index (χ1n) is 5.26. The topological polar surface area (TPSA) is 21.3 Å². The van der Waals surface area contributed by atoms with Gasteiger partial charge in [0.1, 0.15) is 0 Å². The fourth-order valence-corrected chi connectivity index (χ4v) is 1.21. The van der Waals surface area contributed by atoms with Crippen molar-refractivity contribution in [1.29, 1.82) is 0 Å². The van der Waals surface area contributed by atoms with E-state index in [0.29, 0.717) is 12.5 Å². The van der Waals surface area contributed by atoms with Crippen LogP contribution in [0, 0.1) is 0 Å². The van der Waals surface area contributed by atoms with Crippen LogP contribution in [0.25, 0.3) is 0 Å². The predicted octanol–water partition coefficient (Wildman–Crippen LogP) is 2.41. The van der Waals surface area contributed by atoms with Crippen molar-refractivity contribution in [2.45, 2.75) is 32.6 Å². The van der Waals surface area contributed by atoms with E-state index in [1.54, 1.807) is 0 Å². The van der Waals surface area contributed by atoms with Gasteiger partial charge >= 0.3 is 0 Å². The summed E-state index contributed by atoms with van der Waals surface area (Å²) in [5, 5.41) is 3.34. The Hall–Kier alpha value is 0.210. The summed E-state index contributed by atoms with van der Waals surface area (Å²) in [6.45, 7) is 5.74. The summed E-state index contributed by atoms with van der Waals surface area (Å²) in [6, 6.07) is 0. The van der Waals surface area contributed by atoms with Gasteiger partial charge in [-0.2, -0.15) is 0 Å². The predicted molar refractivity (Wildman–Crippen MR) is 58.6 cm³/mol. The minimum atomic E-state index is 0.594. The minimum Gasteiger partial charge on any atom is -0.379 e. The number of unbranched alkanes of at least 4 members (excludes halogenated alkanes) is 3. The molecule has 80 valence electrons. The molecule has 0 heterocycles. The molecule has 0 aliphatic rings. The van der Waals surface area contributed by atoms with Gasteiger partial charge in [0.25, 0.3) is 0 Å². The summed E-state index contributed by atoms with van der Waals surface area (Å²) in [5.74, 6) is 0.594. The quantitative estimate of drug-likeness (QED) is 0.439. The van der Waals surface area contributed by atoms with Gasteiger partial charge in [0.05, 0.1) is 13.2 Å². The fourth-order valence-electron chi connectivity index (χ4n) is 1.10. The van der Waals surface area contributed by atoms with E-state index in [9.17, 15) is 0 Å². The molecule has 0 rings (SSSR count). The van der Waals surface area contributed by atoms with E-state index in [1.165, 1.54) is 25.7 Å². The van der Waals surface area contributed by atoms with Gasteiger partial charge in [0.2, 0.25) is 0 Å². The Kier molecular flexibility index (Phi) is 12.4. The molecule has 0 spiro atoms. The Morgan fingerprint density at radius 3 is 2.62 bits per heavy atom. The number of alkyl halides is 1. The van der Waals surface area contributed by atoms with E-state index >= 15 is 0 Å². The molecule has 0 saturated heterocycles. The SMILES string of the molecule is CCCCCCNCCOCCCl. The molecule has 0 bridgehead atoms. The van der Waals surface area contributed by atoms with Crippen LogP contribution in [0.4, 0.5) is 0 Å². The highest BCUT2D eigenvalue weighted by atomic mass is 35.5. The van der Waals surface area contributed by atoms with Crippen molar-refractivity contribution in [3.8, 4) is 0 Å². The molecule has 0 aromatic carbocycles. The van der Waals surface area contributed by atoms with Crippen LogP contribution in [0.15, 0.2) is 0 Å². The lowest BCUT2D eigenvalue weighted by molar-refractivity contribution is 0.151. The van der Waals surface area contributed by atoms with Crippen molar-refractivity contribution < 1.29 is 4.74 Å². The number of ether oxygens (including phenoxy) is 1. The second-order valence-corrected chi connectivity index (χ2v) is 3.49. The maximum Gasteiger partial charge on any atom is 0.0602 e. The fraction of sp³-hybridized carbons (Fsp3) is 1.00. The molecule has 0 unspecified atom stereocenters. The second-order valence-electron chi connectivity index (χ2n) is 3.11. The Balaban J connectivity index is 2.76. The molecule has 0 atom stereocenters. The highest BCUT2D eigenvalue weighted by Crippen LogP contribution is 1.96. The van der Waals surface area contributed by atoms with Gasteiger partial charge < -0.3 is 10.1 Å². The van der Waals surface area contributed by atoms with Crippen LogP contribution in [0.2, 0.25) is 0 Å². The number of hydrogen-bond acceptors (Lipinski definition) is 2. The van der Waals surface area contributed by atoms with E-state index in [1.807, 2.05) is 0 Å². The monoisotopic (exact) mass is 207 g/mol. The van der Waals surface area contributed by atoms with Crippen LogP contribution >= 0.6 is 11.6 Å². The summed E-state index contributed by atoms with van der Waals surface area (Å²) in [6.07, 6.45) is 5.28. The maximum atomic E-state index is 5.45. The largest absolute Gasteiger partial charge is 0.379 e. The molecule has 0 amide bonds. The van der Waals surface area contributed by atoms with Gasteiger partial charge in [0, 0.05) is 12.4 Å². The van der Waals surface area contributed by atoms with Crippen molar-refractivity contribution in [3.05, 3.63) is 0 Å². The molecule has 2 nitrogen and oxygen atoms in total. The first-order valence-corrected chi connectivity index (χ1v) is 5.79. The van der Waals surface area contributed by atoms with Gasteiger partial charge in [-0.15, -0.1) is 11.6 Å². The zero-order chi connectivity index (χ0) is 9.78. The molecular weight excluding hydrogens is 186 g/mol. The van der Waals surface area contributed by atoms with Crippen LogP contribution in [-0.2, 0) is 4.74 Å². The molecule has 3 heteroatoms. The van der Waals surface area contributed by atoms with Gasteiger partial charge in [-0.3, -0.25) is 0 Å². The third-order valence-electron chi connectivity index (χ3n) is 1.85. The molecule has 0 radical (unpaired) electrons. The van der Waals surface area contributed by atoms with E-state index in [0.717, 1.165) is 19.7 Å². The zero-order valence-corrected chi connectivity index (χ0v) is 9.41. The first kappa shape index (κ1) is 13.2. The Bertz CT molecular complexity index is 81.0. The van der Waals surface area contributed by atoms with Gasteiger partial charge in [-0.05, 0) is 13.0 Å². The van der Waals surface area contributed by atoms with E-state index in [-0.39, 0.29) is 0 Å². The van der Waals surface area contributed by atoms with Gasteiger partial charge in [0.15, 0.2) is 0 Å². The summed E-state index contributed by atoms with van der Waals surface area (Å²) >= 11 is 5.45. The van der Waals surface area contributed by atoms with Crippen molar-refractivity contribution >= 4 is 11.6 Å². The lowest BCUT2D eigenvalue weighted by Gasteiger charge is -2.04. The Morgan fingerprint density at radius 1 is 1.08 bits per heavy atom.